The predicted octanol–water partition coefficient (Wildman–Crippen LogP) is 1.11. The molecule has 204 valence electrons. The van der Waals surface area contributed by atoms with Crippen molar-refractivity contribution in [3.63, 3.8) is 0 Å². The van der Waals surface area contributed by atoms with Crippen molar-refractivity contribution in [3.05, 3.63) is 29.8 Å². The van der Waals surface area contributed by atoms with Crippen LogP contribution in [0.3, 0.4) is 0 Å². The maximum absolute atomic E-state index is 13.6. The largest absolute Gasteiger partial charge is 0.491 e. The number of benzene rings is 1. The minimum atomic E-state index is -1.07. The van der Waals surface area contributed by atoms with E-state index in [9.17, 15) is 19.2 Å². The lowest BCUT2D eigenvalue weighted by Crippen LogP contribution is -2.57. The van der Waals surface area contributed by atoms with Gasteiger partial charge >= 0.3 is 0 Å². The second-order valence-electron chi connectivity index (χ2n) is 10.5. The number of piperazine rings is 1. The zero-order valence-corrected chi connectivity index (χ0v) is 22.7. The van der Waals surface area contributed by atoms with Crippen LogP contribution < -0.4 is 15.4 Å². The molecule has 0 aromatic heterocycles. The van der Waals surface area contributed by atoms with E-state index in [0.717, 1.165) is 13.1 Å². The Balaban J connectivity index is 1.88. The number of hydrogen-bond donors (Lipinski definition) is 2. The number of hydrogen-bond acceptors (Lipinski definition) is 6. The van der Waals surface area contributed by atoms with Crippen LogP contribution in [0.4, 0.5) is 0 Å². The van der Waals surface area contributed by atoms with Gasteiger partial charge in [0.05, 0.1) is 18.5 Å². The first-order chi connectivity index (χ1) is 17.6. The molecule has 3 rings (SSSR count). The molecule has 0 bridgehead atoms. The van der Waals surface area contributed by atoms with E-state index in [1.54, 1.807) is 36.2 Å². The number of ether oxygens (including phenoxy) is 1. The number of nitrogens with one attached hydrogen (secondary N) is 2. The van der Waals surface area contributed by atoms with Gasteiger partial charge < -0.3 is 25.2 Å². The van der Waals surface area contributed by atoms with E-state index in [2.05, 4.69) is 29.4 Å². The maximum atomic E-state index is 13.6. The van der Waals surface area contributed by atoms with E-state index in [4.69, 9.17) is 4.74 Å². The number of carbonyl (C=O) groups excluding carboxylic acids is 4. The molecule has 2 aliphatic rings. The van der Waals surface area contributed by atoms with E-state index in [-0.39, 0.29) is 36.3 Å². The first-order valence-electron chi connectivity index (χ1n) is 13.2. The quantitative estimate of drug-likeness (QED) is 0.622. The number of amides is 4. The minimum Gasteiger partial charge on any atom is -0.491 e. The molecule has 0 saturated carbocycles. The SMILES string of the molecule is CC(C)C[C@H]1NC(=O)C[C@@H](C(=O)N2CCN(C(C)C)CC2)NC(=O)c2ccccc2OCCN(C)C1=O. The van der Waals surface area contributed by atoms with Crippen molar-refractivity contribution in [2.24, 2.45) is 5.92 Å². The Morgan fingerprint density at radius 3 is 2.32 bits per heavy atom. The van der Waals surface area contributed by atoms with Crippen LogP contribution in [0.5, 0.6) is 5.75 Å². The molecule has 1 saturated heterocycles. The fraction of sp³-hybridized carbons (Fsp3) is 0.630. The number of para-hydroxylation sites is 1. The van der Waals surface area contributed by atoms with Crippen LogP contribution in [0.2, 0.25) is 0 Å². The zero-order valence-electron chi connectivity index (χ0n) is 22.7. The summed E-state index contributed by atoms with van der Waals surface area (Å²) in [7, 11) is 1.67. The van der Waals surface area contributed by atoms with E-state index < -0.39 is 23.9 Å². The average Bonchev–Trinajstić information content (AvgIpc) is 2.86. The molecule has 2 N–H and O–H groups in total. The van der Waals surface area contributed by atoms with Crippen LogP contribution >= 0.6 is 0 Å². The molecule has 37 heavy (non-hydrogen) atoms. The average molecular weight is 516 g/mol. The molecule has 2 aliphatic heterocycles. The minimum absolute atomic E-state index is 0.166. The Bertz CT molecular complexity index is 974. The zero-order chi connectivity index (χ0) is 27.1. The predicted molar refractivity (Wildman–Crippen MR) is 140 cm³/mol. The van der Waals surface area contributed by atoms with Gasteiger partial charge in [-0.2, -0.15) is 0 Å². The first kappa shape index (κ1) is 28.4. The van der Waals surface area contributed by atoms with E-state index in [0.29, 0.717) is 37.8 Å². The van der Waals surface area contributed by atoms with Gasteiger partial charge in [-0.3, -0.25) is 24.1 Å². The third-order valence-corrected chi connectivity index (χ3v) is 6.88. The highest BCUT2D eigenvalue weighted by atomic mass is 16.5. The Morgan fingerprint density at radius 1 is 1.00 bits per heavy atom. The molecule has 10 heteroatoms. The molecule has 0 spiro atoms. The number of likely N-dealkylation sites (N-methyl/N-ethyl adjacent to an activating group) is 1. The number of rotatable bonds is 4. The molecule has 0 aliphatic carbocycles. The van der Waals surface area contributed by atoms with Gasteiger partial charge in [0.1, 0.15) is 24.4 Å². The van der Waals surface area contributed by atoms with Gasteiger partial charge in [-0.1, -0.05) is 26.0 Å². The van der Waals surface area contributed by atoms with Crippen LogP contribution in [-0.2, 0) is 14.4 Å². The smallest absolute Gasteiger partial charge is 0.255 e. The molecule has 10 nitrogen and oxygen atoms in total. The van der Waals surface area contributed by atoms with E-state index in [1.807, 2.05) is 13.8 Å². The summed E-state index contributed by atoms with van der Waals surface area (Å²) in [5.41, 5.74) is 0.272. The summed E-state index contributed by atoms with van der Waals surface area (Å²) in [6.45, 7) is 11.2. The lowest BCUT2D eigenvalue weighted by atomic mass is 10.0. The summed E-state index contributed by atoms with van der Waals surface area (Å²) in [6.07, 6.45) is 0.199. The van der Waals surface area contributed by atoms with Crippen molar-refractivity contribution in [2.45, 2.75) is 58.7 Å². The monoisotopic (exact) mass is 515 g/mol. The summed E-state index contributed by atoms with van der Waals surface area (Å²) in [6, 6.07) is 5.35. The molecule has 2 atom stereocenters. The summed E-state index contributed by atoms with van der Waals surface area (Å²) < 4.78 is 5.86. The Labute approximate surface area is 219 Å². The third kappa shape index (κ3) is 7.67. The molecule has 4 amide bonds. The molecule has 1 aromatic rings. The molecule has 0 unspecified atom stereocenters. The Morgan fingerprint density at radius 2 is 1.68 bits per heavy atom. The van der Waals surface area contributed by atoms with Crippen LogP contribution in [0.25, 0.3) is 0 Å². The van der Waals surface area contributed by atoms with Crippen molar-refractivity contribution < 1.29 is 23.9 Å². The van der Waals surface area contributed by atoms with Crippen molar-refractivity contribution in [1.29, 1.82) is 0 Å². The Hall–Kier alpha value is -3.14. The highest BCUT2D eigenvalue weighted by Gasteiger charge is 2.33. The number of nitrogens with zero attached hydrogens (tertiary/aromatic N) is 3. The molecular formula is C27H41N5O5. The van der Waals surface area contributed by atoms with Crippen molar-refractivity contribution in [1.82, 2.24) is 25.3 Å². The molecular weight excluding hydrogens is 474 g/mol. The Kier molecular flexibility index (Phi) is 9.91. The van der Waals surface area contributed by atoms with E-state index in [1.165, 1.54) is 4.90 Å². The second-order valence-corrected chi connectivity index (χ2v) is 10.5. The summed E-state index contributed by atoms with van der Waals surface area (Å²) in [4.78, 5) is 58.6. The van der Waals surface area contributed by atoms with Gasteiger partial charge in [0.15, 0.2) is 0 Å². The van der Waals surface area contributed by atoms with Gasteiger partial charge in [0, 0.05) is 39.3 Å². The standard InChI is InChI=1S/C27H41N5O5/c1-18(2)16-21-26(35)30(5)14-15-37-23-9-7-6-8-20(23)25(34)29-22(17-24(33)28-21)27(36)32-12-10-31(11-13-32)19(3)4/h6-9,18-19,21-22H,10-17H2,1-5H3,(H,28,33)(H,29,34)/t21-,22+/m1/s1. The van der Waals surface area contributed by atoms with Crippen molar-refractivity contribution >= 4 is 23.6 Å². The lowest BCUT2D eigenvalue weighted by Gasteiger charge is -2.38. The second kappa shape index (κ2) is 12.9. The fourth-order valence-electron chi connectivity index (χ4n) is 4.70. The highest BCUT2D eigenvalue weighted by molar-refractivity contribution is 6.01. The highest BCUT2D eigenvalue weighted by Crippen LogP contribution is 2.19. The molecule has 1 fully saturated rings. The summed E-state index contributed by atoms with van der Waals surface area (Å²) >= 11 is 0. The van der Waals surface area contributed by atoms with Gasteiger partial charge in [-0.25, -0.2) is 0 Å². The third-order valence-electron chi connectivity index (χ3n) is 6.88. The van der Waals surface area contributed by atoms with Crippen molar-refractivity contribution in [2.75, 3.05) is 46.4 Å². The summed E-state index contributed by atoms with van der Waals surface area (Å²) in [5.74, 6) is -0.929. The van der Waals surface area contributed by atoms with Gasteiger partial charge in [0.2, 0.25) is 17.7 Å². The number of carbonyl (C=O) groups is 4. The van der Waals surface area contributed by atoms with E-state index >= 15 is 0 Å². The van der Waals surface area contributed by atoms with Gasteiger partial charge in [-0.15, -0.1) is 0 Å². The van der Waals surface area contributed by atoms with Gasteiger partial charge in [0.25, 0.3) is 5.91 Å². The maximum Gasteiger partial charge on any atom is 0.255 e. The van der Waals surface area contributed by atoms with Crippen molar-refractivity contribution in [3.8, 4) is 5.75 Å². The normalized spacial score (nSPS) is 22.7. The molecule has 0 radical (unpaired) electrons. The van der Waals surface area contributed by atoms with Crippen LogP contribution in [0.1, 0.15) is 50.9 Å². The lowest BCUT2D eigenvalue weighted by molar-refractivity contribution is -0.139. The van der Waals surface area contributed by atoms with Crippen LogP contribution in [-0.4, -0.2) is 103 Å². The van der Waals surface area contributed by atoms with Gasteiger partial charge in [-0.05, 0) is 38.3 Å². The first-order valence-corrected chi connectivity index (χ1v) is 13.2. The van der Waals surface area contributed by atoms with Crippen LogP contribution in [0, 0.1) is 5.92 Å². The fourth-order valence-corrected chi connectivity index (χ4v) is 4.70. The topological polar surface area (TPSA) is 111 Å². The van der Waals surface area contributed by atoms with Crippen LogP contribution in [0.15, 0.2) is 24.3 Å². The molecule has 2 heterocycles. The number of fused-ring (bicyclic) bond motifs is 1. The molecule has 1 aromatic carbocycles. The summed E-state index contributed by atoms with van der Waals surface area (Å²) in [5, 5.41) is 5.61.